The molecule has 2 aromatic heterocycles. The minimum absolute atomic E-state index is 0.133. The fraction of sp³-hybridized carbons (Fsp3) is 0.250. The van der Waals surface area contributed by atoms with Gasteiger partial charge in [0.2, 0.25) is 5.91 Å². The summed E-state index contributed by atoms with van der Waals surface area (Å²) in [5.74, 6) is -0.175. The second-order valence-electron chi connectivity index (χ2n) is 5.39. The zero-order chi connectivity index (χ0) is 15.6. The Morgan fingerprint density at radius 2 is 2.18 bits per heavy atom. The van der Waals surface area contributed by atoms with E-state index in [2.05, 4.69) is 10.4 Å². The molecule has 3 rings (SSSR count). The number of aliphatic hydroxyl groups is 1. The van der Waals surface area contributed by atoms with Gasteiger partial charge in [0, 0.05) is 10.3 Å². The molecule has 3 aromatic rings. The van der Waals surface area contributed by atoms with Crippen molar-refractivity contribution in [3.8, 4) is 0 Å². The van der Waals surface area contributed by atoms with Gasteiger partial charge in [0.05, 0.1) is 18.3 Å². The average molecular weight is 315 g/mol. The molecule has 1 atom stereocenters. The van der Waals surface area contributed by atoms with Crippen LogP contribution in [0.3, 0.4) is 0 Å². The first-order valence-electron chi connectivity index (χ1n) is 7.00. The molecule has 6 heteroatoms. The predicted octanol–water partition coefficient (Wildman–Crippen LogP) is 2.12. The number of nitrogens with zero attached hydrogens (tertiary/aromatic N) is 2. The number of para-hydroxylation sites is 1. The number of carbonyl (C=O) groups excluding carboxylic acids is 1. The first-order chi connectivity index (χ1) is 10.6. The van der Waals surface area contributed by atoms with E-state index >= 15 is 0 Å². The Hall–Kier alpha value is -2.18. The van der Waals surface area contributed by atoms with Gasteiger partial charge in [-0.3, -0.25) is 9.48 Å². The molecule has 0 bridgehead atoms. The van der Waals surface area contributed by atoms with Crippen LogP contribution in [0.1, 0.15) is 11.8 Å². The summed E-state index contributed by atoms with van der Waals surface area (Å²) in [5, 5.41) is 20.3. The van der Waals surface area contributed by atoms with E-state index in [0.717, 1.165) is 15.8 Å². The van der Waals surface area contributed by atoms with Gasteiger partial charge < -0.3 is 10.4 Å². The normalized spacial score (nSPS) is 13.9. The van der Waals surface area contributed by atoms with Gasteiger partial charge >= 0.3 is 0 Å². The summed E-state index contributed by atoms with van der Waals surface area (Å²) in [4.78, 5) is 12.9. The molecule has 0 saturated carbocycles. The van der Waals surface area contributed by atoms with Gasteiger partial charge in [0.25, 0.3) is 0 Å². The van der Waals surface area contributed by atoms with Crippen molar-refractivity contribution in [3.63, 3.8) is 0 Å². The molecule has 0 spiro atoms. The number of aromatic nitrogens is 2. The predicted molar refractivity (Wildman–Crippen MR) is 86.6 cm³/mol. The highest BCUT2D eigenvalue weighted by Crippen LogP contribution is 2.24. The third-order valence-corrected chi connectivity index (χ3v) is 4.65. The quantitative estimate of drug-likeness (QED) is 0.758. The van der Waals surface area contributed by atoms with Crippen LogP contribution in [-0.2, 0) is 16.9 Å². The summed E-state index contributed by atoms with van der Waals surface area (Å²) in [6, 6.07) is 11.5. The first-order valence-corrected chi connectivity index (χ1v) is 7.88. The fourth-order valence-electron chi connectivity index (χ4n) is 2.29. The van der Waals surface area contributed by atoms with Crippen molar-refractivity contribution in [3.05, 3.63) is 52.9 Å². The Labute approximate surface area is 132 Å². The number of benzene rings is 1. The monoisotopic (exact) mass is 315 g/mol. The maximum absolute atomic E-state index is 12.1. The Morgan fingerprint density at radius 1 is 1.36 bits per heavy atom. The molecule has 1 unspecified atom stereocenters. The van der Waals surface area contributed by atoms with Crippen molar-refractivity contribution in [1.82, 2.24) is 15.1 Å². The second-order valence-corrected chi connectivity index (χ2v) is 6.34. The van der Waals surface area contributed by atoms with Crippen LogP contribution in [0, 0.1) is 0 Å². The van der Waals surface area contributed by atoms with E-state index in [1.807, 2.05) is 41.8 Å². The SMILES string of the molecule is CC(O)(CNC(=O)Cn1ncc2ccccc21)c1cccs1. The van der Waals surface area contributed by atoms with E-state index in [1.165, 1.54) is 11.3 Å². The van der Waals surface area contributed by atoms with Crippen LogP contribution in [0.2, 0.25) is 0 Å². The van der Waals surface area contributed by atoms with Crippen LogP contribution in [0.25, 0.3) is 10.9 Å². The molecule has 22 heavy (non-hydrogen) atoms. The van der Waals surface area contributed by atoms with Crippen LogP contribution < -0.4 is 5.32 Å². The molecule has 1 amide bonds. The standard InChI is InChI=1S/C16H17N3O2S/c1-16(21,14-7-4-8-22-14)11-17-15(20)10-19-13-6-3-2-5-12(13)9-18-19/h2-9,21H,10-11H2,1H3,(H,17,20). The number of carbonyl (C=O) groups is 1. The van der Waals surface area contributed by atoms with Crippen molar-refractivity contribution < 1.29 is 9.90 Å². The molecule has 0 radical (unpaired) electrons. The molecule has 0 aliphatic heterocycles. The number of fused-ring (bicyclic) bond motifs is 1. The van der Waals surface area contributed by atoms with Crippen LogP contribution >= 0.6 is 11.3 Å². The molecule has 0 aliphatic carbocycles. The zero-order valence-corrected chi connectivity index (χ0v) is 13.0. The molecule has 2 heterocycles. The zero-order valence-electron chi connectivity index (χ0n) is 12.2. The highest BCUT2D eigenvalue weighted by Gasteiger charge is 2.24. The van der Waals surface area contributed by atoms with Gasteiger partial charge in [-0.1, -0.05) is 24.3 Å². The molecule has 1 aromatic carbocycles. The Bertz CT molecular complexity index is 778. The molecular formula is C16H17N3O2S. The number of amides is 1. The number of nitrogens with one attached hydrogen (secondary N) is 1. The molecule has 0 fully saturated rings. The van der Waals surface area contributed by atoms with E-state index in [9.17, 15) is 9.90 Å². The highest BCUT2D eigenvalue weighted by atomic mass is 32.1. The van der Waals surface area contributed by atoms with E-state index < -0.39 is 5.60 Å². The van der Waals surface area contributed by atoms with Gasteiger partial charge in [0.15, 0.2) is 0 Å². The minimum Gasteiger partial charge on any atom is -0.383 e. The topological polar surface area (TPSA) is 67.2 Å². The first kappa shape index (κ1) is 14.7. The summed E-state index contributed by atoms with van der Waals surface area (Å²) in [6.07, 6.45) is 1.74. The molecule has 2 N–H and O–H groups in total. The lowest BCUT2D eigenvalue weighted by Gasteiger charge is -2.22. The lowest BCUT2D eigenvalue weighted by molar-refractivity contribution is -0.123. The van der Waals surface area contributed by atoms with Gasteiger partial charge in [-0.25, -0.2) is 0 Å². The van der Waals surface area contributed by atoms with Gasteiger partial charge in [-0.05, 0) is 24.4 Å². The summed E-state index contributed by atoms with van der Waals surface area (Å²) in [7, 11) is 0. The third-order valence-electron chi connectivity index (χ3n) is 3.53. The summed E-state index contributed by atoms with van der Waals surface area (Å²) >= 11 is 1.47. The molecule has 0 saturated heterocycles. The van der Waals surface area contributed by atoms with Crippen LogP contribution in [0.15, 0.2) is 48.0 Å². The van der Waals surface area contributed by atoms with Crippen LogP contribution in [0.5, 0.6) is 0 Å². The Morgan fingerprint density at radius 3 is 2.95 bits per heavy atom. The number of hydrogen-bond acceptors (Lipinski definition) is 4. The van der Waals surface area contributed by atoms with E-state index in [-0.39, 0.29) is 19.0 Å². The van der Waals surface area contributed by atoms with E-state index in [4.69, 9.17) is 0 Å². The smallest absolute Gasteiger partial charge is 0.241 e. The fourth-order valence-corrected chi connectivity index (χ4v) is 3.07. The number of thiophene rings is 1. The largest absolute Gasteiger partial charge is 0.383 e. The third kappa shape index (κ3) is 3.03. The number of rotatable bonds is 5. The Balaban J connectivity index is 1.63. The summed E-state index contributed by atoms with van der Waals surface area (Å²) < 4.78 is 1.66. The van der Waals surface area contributed by atoms with Gasteiger partial charge in [-0.15, -0.1) is 11.3 Å². The molecular weight excluding hydrogens is 298 g/mol. The van der Waals surface area contributed by atoms with Crippen molar-refractivity contribution >= 4 is 28.1 Å². The lowest BCUT2D eigenvalue weighted by Crippen LogP contribution is -2.39. The van der Waals surface area contributed by atoms with Crippen LogP contribution in [0.4, 0.5) is 0 Å². The van der Waals surface area contributed by atoms with Crippen molar-refractivity contribution in [2.24, 2.45) is 0 Å². The Kier molecular flexibility index (Phi) is 3.96. The minimum atomic E-state index is -1.06. The van der Waals surface area contributed by atoms with Gasteiger partial charge in [-0.2, -0.15) is 5.10 Å². The van der Waals surface area contributed by atoms with Crippen LogP contribution in [-0.4, -0.2) is 27.3 Å². The molecule has 0 aliphatic rings. The van der Waals surface area contributed by atoms with Crippen molar-refractivity contribution in [1.29, 1.82) is 0 Å². The highest BCUT2D eigenvalue weighted by molar-refractivity contribution is 7.10. The summed E-state index contributed by atoms with van der Waals surface area (Å²) in [5.41, 5.74) is -0.140. The van der Waals surface area contributed by atoms with Crippen molar-refractivity contribution in [2.45, 2.75) is 19.1 Å². The van der Waals surface area contributed by atoms with E-state index in [1.54, 1.807) is 17.8 Å². The maximum Gasteiger partial charge on any atom is 0.241 e. The summed E-state index contributed by atoms with van der Waals surface area (Å²) in [6.45, 7) is 2.00. The average Bonchev–Trinajstić information content (AvgIpc) is 3.16. The molecule has 5 nitrogen and oxygen atoms in total. The van der Waals surface area contributed by atoms with Crippen molar-refractivity contribution in [2.75, 3.05) is 6.54 Å². The van der Waals surface area contributed by atoms with Gasteiger partial charge in [0.1, 0.15) is 12.1 Å². The maximum atomic E-state index is 12.1. The number of hydrogen-bond donors (Lipinski definition) is 2. The van der Waals surface area contributed by atoms with E-state index in [0.29, 0.717) is 0 Å². The molecule has 114 valence electrons. The lowest BCUT2D eigenvalue weighted by atomic mass is 10.1. The second kappa shape index (κ2) is 5.90.